The molecule has 2 heterocycles. The van der Waals surface area contributed by atoms with Gasteiger partial charge in [0.1, 0.15) is 0 Å². The SMILES string of the molecule is Cc1nccc2sc(=O)[nH]c12. The van der Waals surface area contributed by atoms with Crippen molar-refractivity contribution >= 4 is 21.6 Å². The van der Waals surface area contributed by atoms with Crippen molar-refractivity contribution in [3.05, 3.63) is 27.6 Å². The van der Waals surface area contributed by atoms with E-state index in [-0.39, 0.29) is 4.87 Å². The Morgan fingerprint density at radius 3 is 3.18 bits per heavy atom. The highest BCUT2D eigenvalue weighted by atomic mass is 32.1. The van der Waals surface area contributed by atoms with Gasteiger partial charge in [-0.3, -0.25) is 9.78 Å². The number of fused-ring (bicyclic) bond motifs is 1. The molecule has 0 spiro atoms. The number of hydrogen-bond acceptors (Lipinski definition) is 3. The number of hydrogen-bond donors (Lipinski definition) is 1. The van der Waals surface area contributed by atoms with E-state index >= 15 is 0 Å². The lowest BCUT2D eigenvalue weighted by atomic mass is 10.3. The third-order valence-electron chi connectivity index (χ3n) is 1.53. The lowest BCUT2D eigenvalue weighted by Gasteiger charge is -1.90. The topological polar surface area (TPSA) is 45.8 Å². The van der Waals surface area contributed by atoms with E-state index in [4.69, 9.17) is 0 Å². The van der Waals surface area contributed by atoms with E-state index in [9.17, 15) is 4.79 Å². The van der Waals surface area contributed by atoms with Crippen LogP contribution in [0.4, 0.5) is 0 Å². The zero-order valence-corrected chi connectivity index (χ0v) is 6.73. The minimum absolute atomic E-state index is 0.0175. The van der Waals surface area contributed by atoms with Crippen LogP contribution in [-0.4, -0.2) is 9.97 Å². The fraction of sp³-hybridized carbons (Fsp3) is 0.143. The van der Waals surface area contributed by atoms with Crippen LogP contribution in [-0.2, 0) is 0 Å². The van der Waals surface area contributed by atoms with Crippen LogP contribution in [0, 0.1) is 6.92 Å². The van der Waals surface area contributed by atoms with Gasteiger partial charge in [-0.25, -0.2) is 0 Å². The maximum atomic E-state index is 10.9. The zero-order chi connectivity index (χ0) is 7.84. The number of nitrogens with zero attached hydrogens (tertiary/aromatic N) is 1. The number of thiazole rings is 1. The number of aryl methyl sites for hydroxylation is 1. The normalized spacial score (nSPS) is 10.6. The molecule has 2 aromatic heterocycles. The molecule has 56 valence electrons. The first kappa shape index (κ1) is 6.54. The van der Waals surface area contributed by atoms with Crippen LogP contribution < -0.4 is 4.87 Å². The Hall–Kier alpha value is -1.16. The Morgan fingerprint density at radius 2 is 2.45 bits per heavy atom. The Kier molecular flexibility index (Phi) is 1.29. The van der Waals surface area contributed by atoms with Crippen molar-refractivity contribution in [1.29, 1.82) is 0 Å². The van der Waals surface area contributed by atoms with Crippen molar-refractivity contribution in [3.63, 3.8) is 0 Å². The zero-order valence-electron chi connectivity index (χ0n) is 5.92. The van der Waals surface area contributed by atoms with Crippen LogP contribution in [0.1, 0.15) is 5.69 Å². The summed E-state index contributed by atoms with van der Waals surface area (Å²) in [4.78, 5) is 17.6. The molecule has 0 radical (unpaired) electrons. The summed E-state index contributed by atoms with van der Waals surface area (Å²) in [5.41, 5.74) is 1.74. The maximum absolute atomic E-state index is 10.9. The number of nitrogens with one attached hydrogen (secondary N) is 1. The van der Waals surface area contributed by atoms with E-state index in [0.29, 0.717) is 0 Å². The summed E-state index contributed by atoms with van der Waals surface area (Å²) in [7, 11) is 0. The van der Waals surface area contributed by atoms with Crippen molar-refractivity contribution < 1.29 is 0 Å². The minimum atomic E-state index is -0.0175. The molecule has 1 N–H and O–H groups in total. The van der Waals surface area contributed by atoms with Gasteiger partial charge in [-0.05, 0) is 13.0 Å². The van der Waals surface area contributed by atoms with Gasteiger partial charge in [0.25, 0.3) is 0 Å². The van der Waals surface area contributed by atoms with Gasteiger partial charge in [0.05, 0.1) is 15.9 Å². The average Bonchev–Trinajstić information content (AvgIpc) is 2.31. The predicted molar refractivity (Wildman–Crippen MR) is 45.0 cm³/mol. The lowest BCUT2D eigenvalue weighted by molar-refractivity contribution is 1.21. The predicted octanol–water partition coefficient (Wildman–Crippen LogP) is 1.29. The molecular formula is C7H6N2OS. The molecule has 0 atom stereocenters. The third-order valence-corrected chi connectivity index (χ3v) is 2.38. The molecule has 11 heavy (non-hydrogen) atoms. The Morgan fingerprint density at radius 1 is 1.64 bits per heavy atom. The Labute approximate surface area is 66.7 Å². The minimum Gasteiger partial charge on any atom is -0.311 e. The molecule has 0 unspecified atom stereocenters. The summed E-state index contributed by atoms with van der Waals surface area (Å²) in [5.74, 6) is 0. The molecule has 0 aliphatic carbocycles. The summed E-state index contributed by atoms with van der Waals surface area (Å²) in [5, 5.41) is 0. The summed E-state index contributed by atoms with van der Waals surface area (Å²) >= 11 is 1.22. The Bertz CT molecular complexity index is 443. The highest BCUT2D eigenvalue weighted by molar-refractivity contribution is 7.16. The molecule has 0 aliphatic heterocycles. The molecule has 0 fully saturated rings. The van der Waals surface area contributed by atoms with E-state index in [1.165, 1.54) is 11.3 Å². The highest BCUT2D eigenvalue weighted by Gasteiger charge is 2.00. The second kappa shape index (κ2) is 2.17. The molecule has 0 aliphatic rings. The number of rotatable bonds is 0. The van der Waals surface area contributed by atoms with Gasteiger partial charge in [0.15, 0.2) is 0 Å². The maximum Gasteiger partial charge on any atom is 0.305 e. The van der Waals surface area contributed by atoms with E-state index in [2.05, 4.69) is 9.97 Å². The molecule has 2 aromatic rings. The molecule has 0 amide bonds. The van der Waals surface area contributed by atoms with E-state index in [1.807, 2.05) is 13.0 Å². The van der Waals surface area contributed by atoms with E-state index < -0.39 is 0 Å². The third kappa shape index (κ3) is 0.952. The molecule has 4 heteroatoms. The summed E-state index contributed by atoms with van der Waals surface area (Å²) < 4.78 is 0.975. The molecule has 2 rings (SSSR count). The lowest BCUT2D eigenvalue weighted by Crippen LogP contribution is -1.91. The summed E-state index contributed by atoms with van der Waals surface area (Å²) in [6.45, 7) is 1.88. The van der Waals surface area contributed by atoms with Gasteiger partial charge < -0.3 is 4.98 Å². The van der Waals surface area contributed by atoms with Gasteiger partial charge in [0, 0.05) is 6.20 Å². The number of pyridine rings is 1. The van der Waals surface area contributed by atoms with Crippen LogP contribution in [0.25, 0.3) is 10.2 Å². The van der Waals surface area contributed by atoms with Crippen molar-refractivity contribution in [2.75, 3.05) is 0 Å². The standard InChI is InChI=1S/C7H6N2OS/c1-4-6-5(2-3-8-4)11-7(10)9-6/h2-3H,1H3,(H,9,10). The molecule has 0 bridgehead atoms. The summed E-state index contributed by atoms with van der Waals surface area (Å²) in [6.07, 6.45) is 1.71. The molecule has 0 aromatic carbocycles. The van der Waals surface area contributed by atoms with Crippen molar-refractivity contribution in [2.45, 2.75) is 6.92 Å². The number of aromatic nitrogens is 2. The smallest absolute Gasteiger partial charge is 0.305 e. The molecule has 0 saturated heterocycles. The van der Waals surface area contributed by atoms with Crippen molar-refractivity contribution in [3.8, 4) is 0 Å². The molecule has 0 saturated carbocycles. The number of aromatic amines is 1. The second-order valence-electron chi connectivity index (χ2n) is 2.28. The first-order chi connectivity index (χ1) is 5.27. The van der Waals surface area contributed by atoms with Gasteiger partial charge >= 0.3 is 4.87 Å². The van der Waals surface area contributed by atoms with Gasteiger partial charge in [-0.2, -0.15) is 0 Å². The fourth-order valence-corrected chi connectivity index (χ4v) is 1.79. The van der Waals surface area contributed by atoms with Crippen LogP contribution in [0.15, 0.2) is 17.1 Å². The summed E-state index contributed by atoms with van der Waals surface area (Å²) in [6, 6.07) is 1.84. The second-order valence-corrected chi connectivity index (χ2v) is 3.30. The fourth-order valence-electron chi connectivity index (χ4n) is 1.01. The van der Waals surface area contributed by atoms with Crippen LogP contribution in [0.2, 0.25) is 0 Å². The quantitative estimate of drug-likeness (QED) is 0.641. The van der Waals surface area contributed by atoms with Crippen molar-refractivity contribution in [2.24, 2.45) is 0 Å². The number of H-pyrrole nitrogens is 1. The van der Waals surface area contributed by atoms with Crippen LogP contribution in [0.3, 0.4) is 0 Å². The Balaban J connectivity index is 3.01. The van der Waals surface area contributed by atoms with Crippen molar-refractivity contribution in [1.82, 2.24) is 9.97 Å². The molecule has 3 nitrogen and oxygen atoms in total. The van der Waals surface area contributed by atoms with Crippen LogP contribution in [0.5, 0.6) is 0 Å². The van der Waals surface area contributed by atoms with Gasteiger partial charge in [0.2, 0.25) is 0 Å². The highest BCUT2D eigenvalue weighted by Crippen LogP contribution is 2.14. The first-order valence-electron chi connectivity index (χ1n) is 3.22. The van der Waals surface area contributed by atoms with Gasteiger partial charge in [-0.15, -0.1) is 0 Å². The van der Waals surface area contributed by atoms with Crippen LogP contribution >= 0.6 is 11.3 Å². The van der Waals surface area contributed by atoms with E-state index in [0.717, 1.165) is 15.9 Å². The molecular weight excluding hydrogens is 160 g/mol. The monoisotopic (exact) mass is 166 g/mol. The average molecular weight is 166 g/mol. The van der Waals surface area contributed by atoms with E-state index in [1.54, 1.807) is 6.20 Å². The van der Waals surface area contributed by atoms with Gasteiger partial charge in [-0.1, -0.05) is 11.3 Å². The largest absolute Gasteiger partial charge is 0.311 e. The first-order valence-corrected chi connectivity index (χ1v) is 4.03.